The first-order chi connectivity index (χ1) is 12.3. The number of hydrogen-bond donors (Lipinski definition) is 2. The lowest BCUT2D eigenvalue weighted by atomic mass is 9.90. The van der Waals surface area contributed by atoms with E-state index in [-0.39, 0.29) is 11.3 Å². The summed E-state index contributed by atoms with van der Waals surface area (Å²) in [5, 5.41) is 9.10. The summed E-state index contributed by atoms with van der Waals surface area (Å²) >= 11 is 0. The van der Waals surface area contributed by atoms with E-state index in [9.17, 15) is 13.2 Å². The van der Waals surface area contributed by atoms with Gasteiger partial charge in [0.2, 0.25) is 10.0 Å². The maximum absolute atomic E-state index is 12.7. The molecule has 2 aromatic rings. The predicted molar refractivity (Wildman–Crippen MR) is 98.8 cm³/mol. The maximum atomic E-state index is 12.7. The van der Waals surface area contributed by atoms with Gasteiger partial charge in [-0.2, -0.15) is 0 Å². The van der Waals surface area contributed by atoms with Crippen LogP contribution in [0.3, 0.4) is 0 Å². The standard InChI is InChI=1S/C19H23NO5S/c1-3-19(4-2,14-18(21)22)20-26(23,24)17-12-10-16(11-13-17)25-15-8-6-5-7-9-15/h5-13,20H,3-4,14H2,1-2H3,(H,21,22). The molecule has 0 saturated heterocycles. The molecule has 0 unspecified atom stereocenters. The molecule has 2 aromatic carbocycles. The van der Waals surface area contributed by atoms with E-state index in [0.29, 0.717) is 24.3 Å². The van der Waals surface area contributed by atoms with Crippen LogP contribution in [0.4, 0.5) is 0 Å². The average molecular weight is 377 g/mol. The molecule has 0 aliphatic rings. The van der Waals surface area contributed by atoms with Crippen LogP contribution in [0, 0.1) is 0 Å². The molecule has 2 N–H and O–H groups in total. The minimum atomic E-state index is -3.85. The number of rotatable bonds is 9. The molecule has 0 heterocycles. The van der Waals surface area contributed by atoms with Gasteiger partial charge in [0.1, 0.15) is 11.5 Å². The molecule has 0 atom stereocenters. The van der Waals surface area contributed by atoms with E-state index >= 15 is 0 Å². The highest BCUT2D eigenvalue weighted by molar-refractivity contribution is 7.89. The summed E-state index contributed by atoms with van der Waals surface area (Å²) in [4.78, 5) is 11.2. The third kappa shape index (κ3) is 5.06. The average Bonchev–Trinajstić information content (AvgIpc) is 2.62. The van der Waals surface area contributed by atoms with Gasteiger partial charge in [-0.05, 0) is 49.2 Å². The summed E-state index contributed by atoms with van der Waals surface area (Å²) in [6.45, 7) is 3.54. The van der Waals surface area contributed by atoms with E-state index in [1.165, 1.54) is 12.1 Å². The molecule has 7 heteroatoms. The van der Waals surface area contributed by atoms with Gasteiger partial charge in [-0.25, -0.2) is 13.1 Å². The van der Waals surface area contributed by atoms with Crippen LogP contribution in [-0.2, 0) is 14.8 Å². The van der Waals surface area contributed by atoms with Crippen LogP contribution in [0.1, 0.15) is 33.1 Å². The van der Waals surface area contributed by atoms with Crippen LogP contribution in [0.2, 0.25) is 0 Å². The van der Waals surface area contributed by atoms with Crippen molar-refractivity contribution in [2.75, 3.05) is 0 Å². The minimum Gasteiger partial charge on any atom is -0.481 e. The summed E-state index contributed by atoms with van der Waals surface area (Å²) in [5.74, 6) is 0.125. The highest BCUT2D eigenvalue weighted by Crippen LogP contribution is 2.26. The summed E-state index contributed by atoms with van der Waals surface area (Å²) < 4.78 is 33.6. The molecule has 0 bridgehead atoms. The van der Waals surface area contributed by atoms with Gasteiger partial charge in [-0.15, -0.1) is 0 Å². The van der Waals surface area contributed by atoms with Gasteiger partial charge in [-0.3, -0.25) is 4.79 Å². The van der Waals surface area contributed by atoms with Gasteiger partial charge in [0.25, 0.3) is 0 Å². The maximum Gasteiger partial charge on any atom is 0.305 e. The smallest absolute Gasteiger partial charge is 0.305 e. The van der Waals surface area contributed by atoms with Crippen LogP contribution in [0.25, 0.3) is 0 Å². The molecule has 0 spiro atoms. The molecule has 2 rings (SSSR count). The summed E-state index contributed by atoms with van der Waals surface area (Å²) in [6, 6.07) is 15.2. The van der Waals surface area contributed by atoms with Crippen LogP contribution in [0.15, 0.2) is 59.5 Å². The lowest BCUT2D eigenvalue weighted by Crippen LogP contribution is -2.48. The van der Waals surface area contributed by atoms with Crippen LogP contribution < -0.4 is 9.46 Å². The monoisotopic (exact) mass is 377 g/mol. The van der Waals surface area contributed by atoms with Crippen molar-refractivity contribution in [2.24, 2.45) is 0 Å². The number of carboxylic acid groups (broad SMARTS) is 1. The Balaban J connectivity index is 2.19. The topological polar surface area (TPSA) is 92.7 Å². The van der Waals surface area contributed by atoms with Gasteiger partial charge >= 0.3 is 5.97 Å². The number of carboxylic acids is 1. The number of aliphatic carboxylic acids is 1. The molecule has 0 fully saturated rings. The van der Waals surface area contributed by atoms with Crippen molar-refractivity contribution in [2.45, 2.75) is 43.5 Å². The zero-order chi connectivity index (χ0) is 19.2. The van der Waals surface area contributed by atoms with E-state index in [4.69, 9.17) is 9.84 Å². The van der Waals surface area contributed by atoms with Crippen molar-refractivity contribution in [1.29, 1.82) is 0 Å². The number of nitrogens with one attached hydrogen (secondary N) is 1. The van der Waals surface area contributed by atoms with Crippen molar-refractivity contribution >= 4 is 16.0 Å². The Bertz CT molecular complexity index is 828. The van der Waals surface area contributed by atoms with Crippen molar-refractivity contribution < 1.29 is 23.1 Å². The second-order valence-electron chi connectivity index (χ2n) is 6.05. The fourth-order valence-electron chi connectivity index (χ4n) is 2.63. The number of ether oxygens (including phenoxy) is 1. The number of carbonyl (C=O) groups is 1. The Morgan fingerprint density at radius 1 is 1.00 bits per heavy atom. The summed E-state index contributed by atoms with van der Waals surface area (Å²) in [5.41, 5.74) is -1.01. The van der Waals surface area contributed by atoms with Crippen LogP contribution in [0.5, 0.6) is 11.5 Å². The number of para-hydroxylation sites is 1. The highest BCUT2D eigenvalue weighted by Gasteiger charge is 2.34. The van der Waals surface area contributed by atoms with Crippen molar-refractivity contribution in [1.82, 2.24) is 4.72 Å². The van der Waals surface area contributed by atoms with E-state index < -0.39 is 21.5 Å². The zero-order valence-electron chi connectivity index (χ0n) is 14.8. The van der Waals surface area contributed by atoms with Crippen molar-refractivity contribution in [3.8, 4) is 11.5 Å². The van der Waals surface area contributed by atoms with E-state index in [2.05, 4.69) is 4.72 Å². The first-order valence-corrected chi connectivity index (χ1v) is 9.87. The van der Waals surface area contributed by atoms with Crippen molar-refractivity contribution in [3.05, 3.63) is 54.6 Å². The zero-order valence-corrected chi connectivity index (χ0v) is 15.6. The molecule has 6 nitrogen and oxygen atoms in total. The fourth-order valence-corrected chi connectivity index (χ4v) is 4.17. The molecule has 140 valence electrons. The first-order valence-electron chi connectivity index (χ1n) is 8.39. The Morgan fingerprint density at radius 2 is 1.54 bits per heavy atom. The van der Waals surface area contributed by atoms with Crippen LogP contribution >= 0.6 is 0 Å². The number of benzene rings is 2. The van der Waals surface area contributed by atoms with Crippen LogP contribution in [-0.4, -0.2) is 25.0 Å². The van der Waals surface area contributed by atoms with Gasteiger partial charge in [0.05, 0.1) is 11.3 Å². The van der Waals surface area contributed by atoms with E-state index in [0.717, 1.165) is 0 Å². The molecule has 0 saturated carbocycles. The van der Waals surface area contributed by atoms with Gasteiger partial charge in [0.15, 0.2) is 0 Å². The molecular formula is C19H23NO5S. The summed E-state index contributed by atoms with van der Waals surface area (Å²) in [6.07, 6.45) is 0.489. The quantitative estimate of drug-likeness (QED) is 0.693. The Labute approximate surface area is 153 Å². The fraction of sp³-hybridized carbons (Fsp3) is 0.316. The normalized spacial score (nSPS) is 11.9. The second-order valence-corrected chi connectivity index (χ2v) is 7.73. The molecule has 0 aliphatic heterocycles. The minimum absolute atomic E-state index is 0.0644. The Hall–Kier alpha value is -2.38. The molecule has 0 amide bonds. The molecule has 0 radical (unpaired) electrons. The molecule has 26 heavy (non-hydrogen) atoms. The van der Waals surface area contributed by atoms with Gasteiger partial charge in [0, 0.05) is 5.54 Å². The van der Waals surface area contributed by atoms with Gasteiger partial charge in [-0.1, -0.05) is 32.0 Å². The number of hydrogen-bond acceptors (Lipinski definition) is 4. The molecule has 0 aliphatic carbocycles. The van der Waals surface area contributed by atoms with E-state index in [1.54, 1.807) is 38.1 Å². The summed E-state index contributed by atoms with van der Waals surface area (Å²) in [7, 11) is -3.85. The highest BCUT2D eigenvalue weighted by atomic mass is 32.2. The van der Waals surface area contributed by atoms with Crippen molar-refractivity contribution in [3.63, 3.8) is 0 Å². The third-order valence-electron chi connectivity index (χ3n) is 4.31. The predicted octanol–water partition coefficient (Wildman–Crippen LogP) is 3.79. The van der Waals surface area contributed by atoms with Gasteiger partial charge < -0.3 is 9.84 Å². The Morgan fingerprint density at radius 3 is 2.04 bits per heavy atom. The first kappa shape index (κ1) is 19.9. The Kier molecular flexibility index (Phi) is 6.39. The number of sulfonamides is 1. The van der Waals surface area contributed by atoms with E-state index in [1.807, 2.05) is 18.2 Å². The lowest BCUT2D eigenvalue weighted by molar-refractivity contribution is -0.138. The molecule has 0 aromatic heterocycles. The lowest BCUT2D eigenvalue weighted by Gasteiger charge is -2.30. The SMILES string of the molecule is CCC(CC)(CC(=O)O)NS(=O)(=O)c1ccc(Oc2ccccc2)cc1. The third-order valence-corrected chi connectivity index (χ3v) is 5.90. The largest absolute Gasteiger partial charge is 0.481 e. The second kappa shape index (κ2) is 8.33. The molecular weight excluding hydrogens is 354 g/mol.